The molecule has 2 aromatic heterocycles. The monoisotopic (exact) mass is 419 g/mol. The Bertz CT molecular complexity index is 1320. The van der Waals surface area contributed by atoms with Crippen LogP contribution >= 0.6 is 0 Å². The Hall–Kier alpha value is -3.55. The van der Waals surface area contributed by atoms with Gasteiger partial charge in [-0.15, -0.1) is 0 Å². The quantitative estimate of drug-likeness (QED) is 0.500. The molecule has 1 aliphatic heterocycles. The number of hydrogen-bond acceptors (Lipinski definition) is 3. The Labute approximate surface area is 176 Å². The zero-order chi connectivity index (χ0) is 21.3. The van der Waals surface area contributed by atoms with E-state index in [0.717, 1.165) is 18.4 Å². The summed E-state index contributed by atoms with van der Waals surface area (Å²) in [5.41, 5.74) is 2.94. The Morgan fingerprint density at radius 1 is 1.10 bits per heavy atom. The summed E-state index contributed by atoms with van der Waals surface area (Å²) in [7, 11) is 1.75. The second-order valence-electron chi connectivity index (χ2n) is 8.35. The van der Waals surface area contributed by atoms with Crippen LogP contribution in [0.5, 0.6) is 0 Å². The predicted octanol–water partition coefficient (Wildman–Crippen LogP) is 4.36. The highest BCUT2D eigenvalue weighted by molar-refractivity contribution is 6.04. The minimum Gasteiger partial charge on any atom is -0.345 e. The number of anilines is 1. The number of rotatable bonds is 4. The first kappa shape index (κ1) is 18.2. The maximum absolute atomic E-state index is 15.3. The molecule has 3 heterocycles. The van der Waals surface area contributed by atoms with Crippen molar-refractivity contribution in [3.05, 3.63) is 66.1 Å². The van der Waals surface area contributed by atoms with Crippen LogP contribution in [0.25, 0.3) is 22.3 Å². The molecule has 4 aromatic rings. The van der Waals surface area contributed by atoms with E-state index in [1.54, 1.807) is 42.5 Å². The van der Waals surface area contributed by atoms with Gasteiger partial charge in [0.25, 0.3) is 0 Å². The molecule has 1 aliphatic carbocycles. The van der Waals surface area contributed by atoms with E-state index < -0.39 is 23.6 Å². The summed E-state index contributed by atoms with van der Waals surface area (Å²) >= 11 is 0. The average molecular weight is 419 g/mol. The largest absolute Gasteiger partial charge is 0.345 e. The fraction of sp³-hybridized carbons (Fsp3) is 0.261. The first-order valence-electron chi connectivity index (χ1n) is 10.3. The van der Waals surface area contributed by atoms with Crippen molar-refractivity contribution in [2.45, 2.75) is 18.9 Å². The lowest BCUT2D eigenvalue weighted by molar-refractivity contribution is -0.131. The fourth-order valence-electron chi connectivity index (χ4n) is 4.68. The summed E-state index contributed by atoms with van der Waals surface area (Å²) in [6, 6.07) is 9.03. The van der Waals surface area contributed by atoms with Gasteiger partial charge in [0, 0.05) is 30.1 Å². The zero-order valence-electron chi connectivity index (χ0n) is 16.7. The van der Waals surface area contributed by atoms with E-state index in [1.165, 1.54) is 17.0 Å². The van der Waals surface area contributed by atoms with E-state index in [4.69, 9.17) is 0 Å². The average Bonchev–Trinajstić information content (AvgIpc) is 3.26. The smallest absolute Gasteiger partial charge is 0.233 e. The number of amides is 1. The van der Waals surface area contributed by atoms with E-state index in [9.17, 15) is 4.79 Å². The lowest BCUT2D eigenvalue weighted by atomic mass is 9.78. The van der Waals surface area contributed by atoms with Crippen molar-refractivity contribution < 1.29 is 13.6 Å². The number of carbonyl (C=O) groups excluding carboxylic acids is 1. The Kier molecular flexibility index (Phi) is 3.81. The van der Waals surface area contributed by atoms with Gasteiger partial charge in [-0.3, -0.25) is 9.48 Å². The topological polar surface area (TPSA) is 66.8 Å². The maximum atomic E-state index is 15.3. The van der Waals surface area contributed by atoms with Gasteiger partial charge >= 0.3 is 0 Å². The first-order chi connectivity index (χ1) is 15.0. The Morgan fingerprint density at radius 3 is 2.55 bits per heavy atom. The lowest BCUT2D eigenvalue weighted by Crippen LogP contribution is -2.56. The van der Waals surface area contributed by atoms with E-state index in [1.807, 2.05) is 6.07 Å². The van der Waals surface area contributed by atoms with Crippen LogP contribution in [0.3, 0.4) is 0 Å². The van der Waals surface area contributed by atoms with Gasteiger partial charge < -0.3 is 9.88 Å². The Morgan fingerprint density at radius 2 is 1.87 bits per heavy atom. The van der Waals surface area contributed by atoms with Crippen LogP contribution in [0.15, 0.2) is 48.9 Å². The number of fused-ring (bicyclic) bond motifs is 1. The fourth-order valence-corrected chi connectivity index (χ4v) is 4.68. The molecule has 0 bridgehead atoms. The van der Waals surface area contributed by atoms with Gasteiger partial charge in [-0.2, -0.15) is 5.10 Å². The van der Waals surface area contributed by atoms with Gasteiger partial charge in [-0.05, 0) is 55.2 Å². The number of H-pyrrole nitrogens is 1. The van der Waals surface area contributed by atoms with E-state index >= 15 is 8.78 Å². The SMILES string of the molecule is Cn1ccc(-c2cc(F)c(C3C(C4CC4)C(=O)N3c3ccc4[nH]cnc4c3)c(F)c2)n1. The summed E-state index contributed by atoms with van der Waals surface area (Å²) in [6.07, 6.45) is 5.12. The van der Waals surface area contributed by atoms with Crippen LogP contribution in [0.1, 0.15) is 24.4 Å². The molecule has 2 fully saturated rings. The molecule has 0 spiro atoms. The van der Waals surface area contributed by atoms with Crippen LogP contribution in [-0.2, 0) is 11.8 Å². The number of nitrogens with one attached hydrogen (secondary N) is 1. The maximum Gasteiger partial charge on any atom is 0.233 e. The molecular formula is C23H19F2N5O. The summed E-state index contributed by atoms with van der Waals surface area (Å²) in [6.45, 7) is 0. The van der Waals surface area contributed by atoms with Crippen LogP contribution in [0.4, 0.5) is 14.5 Å². The molecule has 1 N–H and O–H groups in total. The van der Waals surface area contributed by atoms with Crippen molar-refractivity contribution in [3.8, 4) is 11.3 Å². The number of carbonyl (C=O) groups is 1. The summed E-state index contributed by atoms with van der Waals surface area (Å²) < 4.78 is 32.2. The highest BCUT2D eigenvalue weighted by atomic mass is 19.1. The molecule has 6 nitrogen and oxygen atoms in total. The third-order valence-corrected chi connectivity index (χ3v) is 6.34. The highest BCUT2D eigenvalue weighted by Crippen LogP contribution is 2.55. The number of hydrogen-bond donors (Lipinski definition) is 1. The van der Waals surface area contributed by atoms with Gasteiger partial charge in [0.2, 0.25) is 5.91 Å². The van der Waals surface area contributed by atoms with Crippen molar-refractivity contribution >= 4 is 22.6 Å². The molecule has 2 atom stereocenters. The van der Waals surface area contributed by atoms with Crippen molar-refractivity contribution in [1.82, 2.24) is 19.7 Å². The molecule has 156 valence electrons. The standard InChI is InChI=1S/C23H19F2N5O/c1-29-7-6-17(28-29)13-8-15(24)21(16(25)9-13)22-20(12-2-3-12)23(31)30(22)14-4-5-18-19(10-14)27-11-26-18/h4-12,20,22H,2-3H2,1H3,(H,26,27). The minimum atomic E-state index is -0.672. The number of benzene rings is 2. The van der Waals surface area contributed by atoms with E-state index in [-0.39, 0.29) is 17.4 Å². The van der Waals surface area contributed by atoms with Gasteiger partial charge in [0.15, 0.2) is 0 Å². The number of aryl methyl sites for hydroxylation is 1. The molecule has 1 amide bonds. The zero-order valence-corrected chi connectivity index (χ0v) is 16.7. The molecule has 31 heavy (non-hydrogen) atoms. The van der Waals surface area contributed by atoms with Crippen molar-refractivity contribution in [1.29, 1.82) is 0 Å². The second-order valence-corrected chi connectivity index (χ2v) is 8.35. The first-order valence-corrected chi connectivity index (χ1v) is 10.3. The predicted molar refractivity (Wildman–Crippen MR) is 111 cm³/mol. The van der Waals surface area contributed by atoms with Crippen molar-refractivity contribution in [2.75, 3.05) is 4.90 Å². The van der Waals surface area contributed by atoms with Crippen molar-refractivity contribution in [2.24, 2.45) is 18.9 Å². The molecule has 1 saturated carbocycles. The van der Waals surface area contributed by atoms with Gasteiger partial charge in [0.1, 0.15) is 11.6 Å². The molecular weight excluding hydrogens is 400 g/mol. The van der Waals surface area contributed by atoms with Gasteiger partial charge in [-0.1, -0.05) is 0 Å². The number of imidazole rings is 1. The molecule has 1 saturated heterocycles. The molecule has 2 aromatic carbocycles. The van der Waals surface area contributed by atoms with Gasteiger partial charge in [-0.25, -0.2) is 13.8 Å². The summed E-state index contributed by atoms with van der Waals surface area (Å²) in [5, 5.41) is 4.23. The van der Waals surface area contributed by atoms with Crippen LogP contribution in [-0.4, -0.2) is 25.7 Å². The van der Waals surface area contributed by atoms with E-state index in [0.29, 0.717) is 22.5 Å². The number of aromatic nitrogens is 4. The molecule has 2 aliphatic rings. The minimum absolute atomic E-state index is 0.0571. The molecule has 2 unspecified atom stereocenters. The van der Waals surface area contributed by atoms with Crippen LogP contribution in [0.2, 0.25) is 0 Å². The third kappa shape index (κ3) is 2.78. The van der Waals surface area contributed by atoms with E-state index in [2.05, 4.69) is 15.1 Å². The summed E-state index contributed by atoms with van der Waals surface area (Å²) in [5.74, 6) is -1.63. The molecule has 6 rings (SSSR count). The third-order valence-electron chi connectivity index (χ3n) is 6.34. The number of aromatic amines is 1. The van der Waals surface area contributed by atoms with Crippen LogP contribution in [0, 0.1) is 23.5 Å². The normalized spacial score (nSPS) is 21.0. The van der Waals surface area contributed by atoms with Crippen LogP contribution < -0.4 is 4.90 Å². The molecule has 0 radical (unpaired) electrons. The number of halogens is 2. The Balaban J connectivity index is 1.44. The number of nitrogens with zero attached hydrogens (tertiary/aromatic N) is 4. The van der Waals surface area contributed by atoms with Gasteiger partial charge in [0.05, 0.1) is 35.0 Å². The summed E-state index contributed by atoms with van der Waals surface area (Å²) in [4.78, 5) is 21.8. The molecule has 8 heteroatoms. The number of β-lactam (4-membered cyclic amide) rings is 1. The lowest BCUT2D eigenvalue weighted by Gasteiger charge is -2.48. The van der Waals surface area contributed by atoms with Crippen molar-refractivity contribution in [3.63, 3.8) is 0 Å². The highest BCUT2D eigenvalue weighted by Gasteiger charge is 2.56. The second kappa shape index (κ2) is 6.47.